The Balaban J connectivity index is 1.38. The molecule has 1 N–H and O–H groups in total. The maximum absolute atomic E-state index is 12.1. The van der Waals surface area contributed by atoms with Crippen LogP contribution in [-0.4, -0.2) is 33.4 Å². The fourth-order valence-electron chi connectivity index (χ4n) is 2.60. The Labute approximate surface area is 144 Å². The van der Waals surface area contributed by atoms with Crippen molar-refractivity contribution < 1.29 is 14.3 Å². The Morgan fingerprint density at radius 3 is 2.84 bits per heavy atom. The van der Waals surface area contributed by atoms with E-state index in [1.54, 1.807) is 41.6 Å². The maximum atomic E-state index is 12.1. The molecule has 1 aliphatic heterocycles. The summed E-state index contributed by atoms with van der Waals surface area (Å²) >= 11 is 0. The summed E-state index contributed by atoms with van der Waals surface area (Å²) in [5.74, 6) is 1.29. The molecule has 0 unspecified atom stereocenters. The van der Waals surface area contributed by atoms with Crippen LogP contribution in [0.4, 0.5) is 5.69 Å². The second-order valence-corrected chi connectivity index (χ2v) is 5.64. The molecule has 0 radical (unpaired) electrons. The van der Waals surface area contributed by atoms with E-state index in [2.05, 4.69) is 15.4 Å². The molecule has 126 valence electrons. The quantitative estimate of drug-likeness (QED) is 0.791. The van der Waals surface area contributed by atoms with E-state index >= 15 is 0 Å². The van der Waals surface area contributed by atoms with E-state index in [4.69, 9.17) is 9.47 Å². The molecule has 0 aliphatic carbocycles. The Kier molecular flexibility index (Phi) is 4.04. The molecule has 0 bridgehead atoms. The zero-order valence-electron chi connectivity index (χ0n) is 13.3. The Morgan fingerprint density at radius 2 is 2.00 bits per heavy atom. The molecule has 4 rings (SSSR count). The van der Waals surface area contributed by atoms with Crippen LogP contribution < -0.4 is 14.8 Å². The molecule has 1 amide bonds. The van der Waals surface area contributed by atoms with Gasteiger partial charge in [0.1, 0.15) is 6.61 Å². The average Bonchev–Trinajstić information content (AvgIpc) is 3.09. The maximum Gasteiger partial charge on any atom is 0.255 e. The van der Waals surface area contributed by atoms with Gasteiger partial charge in [0.2, 0.25) is 0 Å². The Hall–Kier alpha value is -3.35. The molecule has 1 atom stereocenters. The van der Waals surface area contributed by atoms with Gasteiger partial charge in [-0.25, -0.2) is 0 Å². The minimum Gasteiger partial charge on any atom is -0.486 e. The topological polar surface area (TPSA) is 78.3 Å². The molecule has 7 nitrogen and oxygen atoms in total. The van der Waals surface area contributed by atoms with Crippen LogP contribution in [0.1, 0.15) is 10.4 Å². The van der Waals surface area contributed by atoms with Crippen LogP contribution in [0.25, 0.3) is 0 Å². The SMILES string of the molecule is O=C(Nc1cnn(C[C@H]2COc3ccccc3O2)c1)c1ccncc1. The highest BCUT2D eigenvalue weighted by atomic mass is 16.6. The lowest BCUT2D eigenvalue weighted by atomic mass is 10.2. The number of benzene rings is 1. The van der Waals surface area contributed by atoms with Gasteiger partial charge in [-0.05, 0) is 24.3 Å². The van der Waals surface area contributed by atoms with Gasteiger partial charge in [-0.2, -0.15) is 5.10 Å². The summed E-state index contributed by atoms with van der Waals surface area (Å²) in [5, 5.41) is 7.08. The van der Waals surface area contributed by atoms with Crippen molar-refractivity contribution >= 4 is 11.6 Å². The van der Waals surface area contributed by atoms with Gasteiger partial charge in [-0.15, -0.1) is 0 Å². The number of para-hydroxylation sites is 2. The molecule has 0 saturated heterocycles. The molecule has 7 heteroatoms. The molecule has 2 aromatic heterocycles. The fourth-order valence-corrected chi connectivity index (χ4v) is 2.60. The van der Waals surface area contributed by atoms with Crippen molar-refractivity contribution in [2.24, 2.45) is 0 Å². The number of nitrogens with one attached hydrogen (secondary N) is 1. The first-order valence-electron chi connectivity index (χ1n) is 7.90. The largest absolute Gasteiger partial charge is 0.486 e. The lowest BCUT2D eigenvalue weighted by molar-refractivity contribution is 0.0759. The number of hydrogen-bond donors (Lipinski definition) is 1. The molecule has 3 heterocycles. The van der Waals surface area contributed by atoms with Gasteiger partial charge in [0.25, 0.3) is 5.91 Å². The van der Waals surface area contributed by atoms with Crippen LogP contribution in [0.3, 0.4) is 0 Å². The minimum atomic E-state index is -0.201. The highest BCUT2D eigenvalue weighted by Crippen LogP contribution is 2.31. The Morgan fingerprint density at radius 1 is 1.20 bits per heavy atom. The molecule has 0 saturated carbocycles. The van der Waals surface area contributed by atoms with E-state index in [-0.39, 0.29) is 12.0 Å². The number of anilines is 1. The summed E-state index contributed by atoms with van der Waals surface area (Å²) in [7, 11) is 0. The number of rotatable bonds is 4. The molecule has 0 fully saturated rings. The summed E-state index contributed by atoms with van der Waals surface area (Å²) in [6.07, 6.45) is 6.39. The van der Waals surface area contributed by atoms with Crippen LogP contribution >= 0.6 is 0 Å². The van der Waals surface area contributed by atoms with Crippen molar-refractivity contribution in [3.8, 4) is 11.5 Å². The highest BCUT2D eigenvalue weighted by molar-refractivity contribution is 6.03. The first kappa shape index (κ1) is 15.2. The van der Waals surface area contributed by atoms with E-state index in [0.717, 1.165) is 11.5 Å². The monoisotopic (exact) mass is 336 g/mol. The third kappa shape index (κ3) is 3.45. The number of amides is 1. The zero-order chi connectivity index (χ0) is 17.1. The van der Waals surface area contributed by atoms with Crippen molar-refractivity contribution in [3.63, 3.8) is 0 Å². The van der Waals surface area contributed by atoms with Crippen molar-refractivity contribution in [1.82, 2.24) is 14.8 Å². The first-order valence-corrected chi connectivity index (χ1v) is 7.90. The van der Waals surface area contributed by atoms with Crippen molar-refractivity contribution in [2.45, 2.75) is 12.6 Å². The number of carbonyl (C=O) groups is 1. The molecule has 3 aromatic rings. The second kappa shape index (κ2) is 6.64. The van der Waals surface area contributed by atoms with Gasteiger partial charge in [-0.1, -0.05) is 12.1 Å². The predicted molar refractivity (Wildman–Crippen MR) is 90.8 cm³/mol. The van der Waals surface area contributed by atoms with E-state index in [0.29, 0.717) is 24.4 Å². The molecule has 0 spiro atoms. The van der Waals surface area contributed by atoms with Crippen molar-refractivity contribution in [3.05, 3.63) is 66.7 Å². The number of nitrogens with zero attached hydrogens (tertiary/aromatic N) is 3. The fraction of sp³-hybridized carbons (Fsp3) is 0.167. The van der Waals surface area contributed by atoms with Gasteiger partial charge in [0.15, 0.2) is 17.6 Å². The number of pyridine rings is 1. The van der Waals surface area contributed by atoms with Gasteiger partial charge in [-0.3, -0.25) is 14.5 Å². The summed E-state index contributed by atoms with van der Waals surface area (Å²) in [5.41, 5.74) is 1.17. The van der Waals surface area contributed by atoms with E-state index in [1.165, 1.54) is 0 Å². The number of ether oxygens (including phenoxy) is 2. The van der Waals surface area contributed by atoms with Crippen LogP contribution in [0, 0.1) is 0 Å². The number of aromatic nitrogens is 3. The normalized spacial score (nSPS) is 15.6. The van der Waals surface area contributed by atoms with Crippen LogP contribution in [0.15, 0.2) is 61.2 Å². The van der Waals surface area contributed by atoms with Crippen molar-refractivity contribution in [2.75, 3.05) is 11.9 Å². The summed E-state index contributed by atoms with van der Waals surface area (Å²) in [4.78, 5) is 16.0. The molecular weight excluding hydrogens is 320 g/mol. The lowest BCUT2D eigenvalue weighted by Gasteiger charge is -2.26. The van der Waals surface area contributed by atoms with E-state index in [9.17, 15) is 4.79 Å². The van der Waals surface area contributed by atoms with Crippen LogP contribution in [0.2, 0.25) is 0 Å². The standard InChI is InChI=1S/C18H16N4O3/c23-18(13-5-7-19-8-6-13)21-14-9-20-22(10-14)11-15-12-24-16-3-1-2-4-17(16)25-15/h1-10,15H,11-12H2,(H,21,23)/t15-/m0/s1. The van der Waals surface area contributed by atoms with Crippen LogP contribution in [0.5, 0.6) is 11.5 Å². The van der Waals surface area contributed by atoms with Crippen molar-refractivity contribution in [1.29, 1.82) is 0 Å². The van der Waals surface area contributed by atoms with E-state index < -0.39 is 0 Å². The molecule has 1 aliphatic rings. The third-order valence-corrected chi connectivity index (χ3v) is 3.79. The molecular formula is C18H16N4O3. The number of carbonyl (C=O) groups excluding carboxylic acids is 1. The van der Waals surface area contributed by atoms with Crippen LogP contribution in [-0.2, 0) is 6.54 Å². The highest BCUT2D eigenvalue weighted by Gasteiger charge is 2.21. The first-order chi connectivity index (χ1) is 12.3. The van der Waals surface area contributed by atoms with Gasteiger partial charge >= 0.3 is 0 Å². The Bertz CT molecular complexity index is 879. The number of fused-ring (bicyclic) bond motifs is 1. The lowest BCUT2D eigenvalue weighted by Crippen LogP contribution is -2.33. The summed E-state index contributed by atoms with van der Waals surface area (Å²) < 4.78 is 13.3. The minimum absolute atomic E-state index is 0.140. The summed E-state index contributed by atoms with van der Waals surface area (Å²) in [6, 6.07) is 10.9. The predicted octanol–water partition coefficient (Wildman–Crippen LogP) is 2.37. The number of hydrogen-bond acceptors (Lipinski definition) is 5. The van der Waals surface area contributed by atoms with Gasteiger partial charge < -0.3 is 14.8 Å². The summed E-state index contributed by atoms with van der Waals surface area (Å²) in [6.45, 7) is 0.981. The molecule has 1 aromatic carbocycles. The average molecular weight is 336 g/mol. The second-order valence-electron chi connectivity index (χ2n) is 5.64. The molecule has 25 heavy (non-hydrogen) atoms. The van der Waals surface area contributed by atoms with Gasteiger partial charge in [0.05, 0.1) is 18.4 Å². The van der Waals surface area contributed by atoms with Gasteiger partial charge in [0, 0.05) is 24.2 Å². The zero-order valence-corrected chi connectivity index (χ0v) is 13.3. The van der Waals surface area contributed by atoms with E-state index in [1.807, 2.05) is 24.3 Å². The smallest absolute Gasteiger partial charge is 0.255 e. The third-order valence-electron chi connectivity index (χ3n) is 3.79.